The van der Waals surface area contributed by atoms with Crippen molar-refractivity contribution in [2.24, 2.45) is 23.0 Å². The van der Waals surface area contributed by atoms with E-state index in [1.807, 2.05) is 24.3 Å². The van der Waals surface area contributed by atoms with Crippen LogP contribution in [-0.2, 0) is 0 Å². The molecule has 3 atom stereocenters. The van der Waals surface area contributed by atoms with Gasteiger partial charge < -0.3 is 10.5 Å². The molecule has 0 aliphatic heterocycles. The molecule has 1 aromatic rings. The van der Waals surface area contributed by atoms with Gasteiger partial charge in [0.1, 0.15) is 11.9 Å². The van der Waals surface area contributed by atoms with E-state index in [0.29, 0.717) is 23.8 Å². The highest BCUT2D eigenvalue weighted by Gasteiger charge is 2.36. The molecule has 2 rings (SSSR count). The molecule has 112 valence electrons. The molecule has 3 heteroatoms. The number of benzene rings is 1. The Hall–Kier alpha value is -0.540. The van der Waals surface area contributed by atoms with Gasteiger partial charge in [-0.1, -0.05) is 32.9 Å². The molecule has 0 radical (unpaired) electrons. The van der Waals surface area contributed by atoms with Gasteiger partial charge in [-0.3, -0.25) is 0 Å². The highest BCUT2D eigenvalue weighted by Crippen LogP contribution is 2.41. The van der Waals surface area contributed by atoms with Crippen LogP contribution in [0.25, 0.3) is 0 Å². The molecule has 0 amide bonds. The molecular formula is C17H26BrNO. The second-order valence-corrected chi connectivity index (χ2v) is 7.81. The molecule has 1 aliphatic carbocycles. The van der Waals surface area contributed by atoms with Crippen molar-refractivity contribution in [3.63, 3.8) is 0 Å². The molecule has 1 aliphatic rings. The normalized spacial score (nSPS) is 27.4. The van der Waals surface area contributed by atoms with Crippen molar-refractivity contribution in [2.75, 3.05) is 6.54 Å². The molecular weight excluding hydrogens is 314 g/mol. The Balaban J connectivity index is 2.12. The van der Waals surface area contributed by atoms with Crippen molar-refractivity contribution in [3.8, 4) is 5.75 Å². The highest BCUT2D eigenvalue weighted by molar-refractivity contribution is 9.10. The topological polar surface area (TPSA) is 35.2 Å². The minimum atomic E-state index is 0.233. The predicted octanol–water partition coefficient (Wildman–Crippen LogP) is 4.62. The third kappa shape index (κ3) is 3.76. The number of rotatable bonds is 3. The lowest BCUT2D eigenvalue weighted by Crippen LogP contribution is -2.41. The first kappa shape index (κ1) is 15.8. The Morgan fingerprint density at radius 1 is 1.25 bits per heavy atom. The summed E-state index contributed by atoms with van der Waals surface area (Å²) >= 11 is 3.56. The van der Waals surface area contributed by atoms with E-state index in [0.717, 1.165) is 16.6 Å². The molecule has 1 aromatic carbocycles. The minimum absolute atomic E-state index is 0.233. The fraction of sp³-hybridized carbons (Fsp3) is 0.647. The number of para-hydroxylation sites is 1. The molecule has 1 saturated carbocycles. The van der Waals surface area contributed by atoms with Crippen LogP contribution < -0.4 is 10.5 Å². The van der Waals surface area contributed by atoms with E-state index in [-0.39, 0.29) is 6.10 Å². The number of ether oxygens (including phenoxy) is 1. The van der Waals surface area contributed by atoms with Gasteiger partial charge >= 0.3 is 0 Å². The molecule has 20 heavy (non-hydrogen) atoms. The predicted molar refractivity (Wildman–Crippen MR) is 87.9 cm³/mol. The first-order valence-electron chi connectivity index (χ1n) is 7.53. The van der Waals surface area contributed by atoms with Crippen LogP contribution in [0.15, 0.2) is 28.7 Å². The maximum atomic E-state index is 6.29. The van der Waals surface area contributed by atoms with Crippen LogP contribution >= 0.6 is 15.9 Å². The second-order valence-electron chi connectivity index (χ2n) is 6.96. The van der Waals surface area contributed by atoms with Crippen LogP contribution in [0.4, 0.5) is 0 Å². The van der Waals surface area contributed by atoms with Gasteiger partial charge in [0.15, 0.2) is 0 Å². The monoisotopic (exact) mass is 339 g/mol. The van der Waals surface area contributed by atoms with Crippen LogP contribution in [0, 0.1) is 17.3 Å². The Kier molecular flexibility index (Phi) is 5.14. The van der Waals surface area contributed by atoms with Gasteiger partial charge in [-0.2, -0.15) is 0 Å². The maximum Gasteiger partial charge on any atom is 0.133 e. The standard InChI is InChI=1S/C17H26BrNO/c1-17(2,3)13-9-8-12(11-19)16(10-13)20-15-7-5-4-6-14(15)18/h4-7,12-13,16H,8-11,19H2,1-3H3. The molecule has 0 heterocycles. The summed E-state index contributed by atoms with van der Waals surface area (Å²) in [4.78, 5) is 0. The van der Waals surface area contributed by atoms with Crippen LogP contribution in [-0.4, -0.2) is 12.6 Å². The zero-order valence-corrected chi connectivity index (χ0v) is 14.3. The second kappa shape index (κ2) is 6.48. The summed E-state index contributed by atoms with van der Waals surface area (Å²) < 4.78 is 7.31. The van der Waals surface area contributed by atoms with Crippen LogP contribution in [0.5, 0.6) is 5.75 Å². The quantitative estimate of drug-likeness (QED) is 0.872. The molecule has 0 spiro atoms. The summed E-state index contributed by atoms with van der Waals surface area (Å²) in [5, 5.41) is 0. The Labute approximate surface area is 131 Å². The van der Waals surface area contributed by atoms with E-state index < -0.39 is 0 Å². The average Bonchev–Trinajstić information content (AvgIpc) is 2.40. The van der Waals surface area contributed by atoms with Gasteiger partial charge in [0, 0.05) is 5.92 Å². The van der Waals surface area contributed by atoms with Crippen molar-refractivity contribution in [3.05, 3.63) is 28.7 Å². The van der Waals surface area contributed by atoms with Crippen molar-refractivity contribution < 1.29 is 4.74 Å². The van der Waals surface area contributed by atoms with E-state index in [2.05, 4.69) is 36.7 Å². The fourth-order valence-electron chi connectivity index (χ4n) is 3.10. The van der Waals surface area contributed by atoms with Crippen LogP contribution in [0.3, 0.4) is 0 Å². The van der Waals surface area contributed by atoms with E-state index in [4.69, 9.17) is 10.5 Å². The zero-order valence-electron chi connectivity index (χ0n) is 12.7. The van der Waals surface area contributed by atoms with Crippen molar-refractivity contribution in [1.29, 1.82) is 0 Å². The average molecular weight is 340 g/mol. The van der Waals surface area contributed by atoms with Gasteiger partial charge in [-0.05, 0) is 65.2 Å². The number of halogens is 1. The molecule has 3 unspecified atom stereocenters. The molecule has 2 N–H and O–H groups in total. The first-order chi connectivity index (χ1) is 9.41. The third-order valence-corrected chi connectivity index (χ3v) is 5.23. The van der Waals surface area contributed by atoms with Crippen molar-refractivity contribution in [1.82, 2.24) is 0 Å². The number of hydrogen-bond acceptors (Lipinski definition) is 2. The summed E-state index contributed by atoms with van der Waals surface area (Å²) in [6, 6.07) is 8.08. The first-order valence-corrected chi connectivity index (χ1v) is 8.32. The summed E-state index contributed by atoms with van der Waals surface area (Å²) in [6.45, 7) is 7.70. The SMILES string of the molecule is CC(C)(C)C1CCC(CN)C(Oc2ccccc2Br)C1. The fourth-order valence-corrected chi connectivity index (χ4v) is 3.47. The van der Waals surface area contributed by atoms with E-state index in [1.165, 1.54) is 12.8 Å². The van der Waals surface area contributed by atoms with E-state index in [9.17, 15) is 0 Å². The third-order valence-electron chi connectivity index (χ3n) is 4.57. The van der Waals surface area contributed by atoms with Gasteiger partial charge in [0.25, 0.3) is 0 Å². The Bertz CT molecular complexity index is 441. The highest BCUT2D eigenvalue weighted by atomic mass is 79.9. The molecule has 0 saturated heterocycles. The van der Waals surface area contributed by atoms with Crippen molar-refractivity contribution in [2.45, 2.75) is 46.1 Å². The minimum Gasteiger partial charge on any atom is -0.489 e. The van der Waals surface area contributed by atoms with Gasteiger partial charge in [-0.25, -0.2) is 0 Å². The summed E-state index contributed by atoms with van der Waals surface area (Å²) in [5.41, 5.74) is 6.29. The zero-order chi connectivity index (χ0) is 14.8. The Morgan fingerprint density at radius 2 is 1.95 bits per heavy atom. The molecule has 0 aromatic heterocycles. The largest absolute Gasteiger partial charge is 0.489 e. The maximum absolute atomic E-state index is 6.29. The van der Waals surface area contributed by atoms with Gasteiger partial charge in [-0.15, -0.1) is 0 Å². The lowest BCUT2D eigenvalue weighted by atomic mass is 9.68. The van der Waals surface area contributed by atoms with E-state index in [1.54, 1.807) is 0 Å². The van der Waals surface area contributed by atoms with Crippen molar-refractivity contribution >= 4 is 15.9 Å². The molecule has 0 bridgehead atoms. The Morgan fingerprint density at radius 3 is 2.55 bits per heavy atom. The lowest BCUT2D eigenvalue weighted by Gasteiger charge is -2.41. The summed E-state index contributed by atoms with van der Waals surface area (Å²) in [5.74, 6) is 2.11. The molecule has 2 nitrogen and oxygen atoms in total. The van der Waals surface area contributed by atoms with Gasteiger partial charge in [0.05, 0.1) is 4.47 Å². The van der Waals surface area contributed by atoms with Gasteiger partial charge in [0.2, 0.25) is 0 Å². The number of nitrogens with two attached hydrogens (primary N) is 1. The summed E-state index contributed by atoms with van der Waals surface area (Å²) in [6.07, 6.45) is 3.78. The number of hydrogen-bond donors (Lipinski definition) is 1. The lowest BCUT2D eigenvalue weighted by molar-refractivity contribution is 0.0327. The van der Waals surface area contributed by atoms with Crippen LogP contribution in [0.2, 0.25) is 0 Å². The summed E-state index contributed by atoms with van der Waals surface area (Å²) in [7, 11) is 0. The smallest absolute Gasteiger partial charge is 0.133 e. The van der Waals surface area contributed by atoms with Crippen LogP contribution in [0.1, 0.15) is 40.0 Å². The van der Waals surface area contributed by atoms with E-state index >= 15 is 0 Å². The molecule has 1 fully saturated rings.